The monoisotopic (exact) mass is 351 g/mol. The minimum absolute atomic E-state index is 0.201. The number of anilines is 1. The summed E-state index contributed by atoms with van der Waals surface area (Å²) in [5, 5.41) is 0. The Hall–Kier alpha value is -3.28. The van der Waals surface area contributed by atoms with Crippen molar-refractivity contribution in [1.29, 1.82) is 0 Å². The number of nitrogens with zero attached hydrogens (tertiary/aromatic N) is 2. The summed E-state index contributed by atoms with van der Waals surface area (Å²) < 4.78 is 16.2. The lowest BCUT2D eigenvalue weighted by Crippen LogP contribution is -2.00. The van der Waals surface area contributed by atoms with Crippen LogP contribution in [0.1, 0.15) is 5.56 Å². The van der Waals surface area contributed by atoms with Gasteiger partial charge in [-0.2, -0.15) is 0 Å². The van der Waals surface area contributed by atoms with Gasteiger partial charge >= 0.3 is 0 Å². The number of methoxy groups -OCH3 is 3. The molecule has 3 rings (SSSR count). The van der Waals surface area contributed by atoms with E-state index in [-0.39, 0.29) is 5.95 Å². The molecule has 1 heterocycles. The summed E-state index contributed by atoms with van der Waals surface area (Å²) in [6.45, 7) is 2.04. The summed E-state index contributed by atoms with van der Waals surface area (Å²) in [5.41, 5.74) is 10.3. The van der Waals surface area contributed by atoms with E-state index in [1.165, 1.54) is 5.56 Å². The Bertz CT molecular complexity index is 899. The summed E-state index contributed by atoms with van der Waals surface area (Å²) in [6.07, 6.45) is 0. The molecule has 2 N–H and O–H groups in total. The second kappa shape index (κ2) is 7.31. The molecule has 3 aromatic rings. The fraction of sp³-hybridized carbons (Fsp3) is 0.200. The van der Waals surface area contributed by atoms with E-state index in [0.29, 0.717) is 22.9 Å². The predicted octanol–water partition coefficient (Wildman–Crippen LogP) is 3.73. The van der Waals surface area contributed by atoms with Gasteiger partial charge in [0.25, 0.3) is 0 Å². The molecular formula is C20H21N3O3. The van der Waals surface area contributed by atoms with Crippen LogP contribution in [-0.2, 0) is 0 Å². The van der Waals surface area contributed by atoms with Crippen LogP contribution < -0.4 is 19.9 Å². The van der Waals surface area contributed by atoms with Crippen LogP contribution in [0.2, 0.25) is 0 Å². The van der Waals surface area contributed by atoms with Crippen molar-refractivity contribution in [2.75, 3.05) is 27.1 Å². The van der Waals surface area contributed by atoms with Gasteiger partial charge in [-0.25, -0.2) is 9.97 Å². The molecule has 6 nitrogen and oxygen atoms in total. The van der Waals surface area contributed by atoms with Crippen molar-refractivity contribution < 1.29 is 14.2 Å². The Morgan fingerprint density at radius 2 is 1.27 bits per heavy atom. The number of hydrogen-bond acceptors (Lipinski definition) is 6. The first-order valence-electron chi connectivity index (χ1n) is 8.07. The summed E-state index contributed by atoms with van der Waals surface area (Å²) in [6, 6.07) is 13.7. The Morgan fingerprint density at radius 1 is 0.731 bits per heavy atom. The normalized spacial score (nSPS) is 10.5. The number of aryl methyl sites for hydroxylation is 1. The second-order valence-electron chi connectivity index (χ2n) is 5.78. The molecule has 1 aromatic heterocycles. The zero-order valence-corrected chi connectivity index (χ0v) is 15.2. The van der Waals surface area contributed by atoms with Gasteiger partial charge in [-0.05, 0) is 25.1 Å². The highest BCUT2D eigenvalue weighted by molar-refractivity contribution is 5.73. The van der Waals surface area contributed by atoms with Gasteiger partial charge in [-0.3, -0.25) is 0 Å². The van der Waals surface area contributed by atoms with Gasteiger partial charge in [-0.15, -0.1) is 0 Å². The van der Waals surface area contributed by atoms with Crippen molar-refractivity contribution in [2.24, 2.45) is 0 Å². The van der Waals surface area contributed by atoms with Gasteiger partial charge in [-0.1, -0.05) is 29.8 Å². The molecule has 0 bridgehead atoms. The lowest BCUT2D eigenvalue weighted by atomic mass is 10.1. The standard InChI is InChI=1S/C20H21N3O3/c1-12-5-7-13(8-6-12)15-11-16(23-20(21)22-15)14-9-17(24-2)19(26-4)18(10-14)25-3/h5-11H,1-4H3,(H2,21,22,23). The summed E-state index contributed by atoms with van der Waals surface area (Å²) in [7, 11) is 4.72. The number of ether oxygens (including phenoxy) is 3. The van der Waals surface area contributed by atoms with Gasteiger partial charge in [0, 0.05) is 11.1 Å². The quantitative estimate of drug-likeness (QED) is 0.754. The predicted molar refractivity (Wildman–Crippen MR) is 102 cm³/mol. The first-order chi connectivity index (χ1) is 12.5. The fourth-order valence-electron chi connectivity index (χ4n) is 2.71. The molecule has 26 heavy (non-hydrogen) atoms. The van der Waals surface area contributed by atoms with Gasteiger partial charge in [0.1, 0.15) is 0 Å². The van der Waals surface area contributed by atoms with Crippen molar-refractivity contribution in [3.05, 3.63) is 48.0 Å². The molecule has 0 fully saturated rings. The molecule has 2 aromatic carbocycles. The topological polar surface area (TPSA) is 79.5 Å². The van der Waals surface area contributed by atoms with E-state index in [2.05, 4.69) is 9.97 Å². The van der Waals surface area contributed by atoms with E-state index in [1.54, 1.807) is 21.3 Å². The number of nitrogen functional groups attached to an aromatic ring is 1. The molecule has 0 aliphatic rings. The average molecular weight is 351 g/mol. The number of nitrogens with two attached hydrogens (primary N) is 1. The summed E-state index contributed by atoms with van der Waals surface area (Å²) in [5.74, 6) is 1.83. The van der Waals surface area contributed by atoms with Crippen LogP contribution in [0.4, 0.5) is 5.95 Å². The third kappa shape index (κ3) is 3.39. The maximum Gasteiger partial charge on any atom is 0.221 e. The average Bonchev–Trinajstić information content (AvgIpc) is 2.66. The number of benzene rings is 2. The van der Waals surface area contributed by atoms with E-state index < -0.39 is 0 Å². The lowest BCUT2D eigenvalue weighted by Gasteiger charge is -2.14. The molecule has 134 valence electrons. The third-order valence-corrected chi connectivity index (χ3v) is 4.05. The molecule has 0 amide bonds. The lowest BCUT2D eigenvalue weighted by molar-refractivity contribution is 0.324. The molecule has 0 aliphatic heterocycles. The Kier molecular flexibility index (Phi) is 4.93. The molecule has 0 spiro atoms. The largest absolute Gasteiger partial charge is 0.493 e. The van der Waals surface area contributed by atoms with Gasteiger partial charge in [0.05, 0.1) is 32.7 Å². The van der Waals surface area contributed by atoms with E-state index in [0.717, 1.165) is 16.8 Å². The van der Waals surface area contributed by atoms with Crippen LogP contribution in [0.15, 0.2) is 42.5 Å². The molecule has 6 heteroatoms. The van der Waals surface area contributed by atoms with Crippen LogP contribution in [0.3, 0.4) is 0 Å². The number of hydrogen-bond donors (Lipinski definition) is 1. The fourth-order valence-corrected chi connectivity index (χ4v) is 2.71. The molecule has 0 saturated carbocycles. The van der Waals surface area contributed by atoms with Crippen molar-refractivity contribution in [3.8, 4) is 39.8 Å². The molecule has 0 aliphatic carbocycles. The van der Waals surface area contributed by atoms with E-state index in [4.69, 9.17) is 19.9 Å². The van der Waals surface area contributed by atoms with Gasteiger partial charge in [0.2, 0.25) is 11.7 Å². The molecule has 0 radical (unpaired) electrons. The van der Waals surface area contributed by atoms with E-state index >= 15 is 0 Å². The van der Waals surface area contributed by atoms with Crippen LogP contribution >= 0.6 is 0 Å². The maximum atomic E-state index is 5.95. The summed E-state index contributed by atoms with van der Waals surface area (Å²) in [4.78, 5) is 8.73. The highest BCUT2D eigenvalue weighted by Gasteiger charge is 2.16. The van der Waals surface area contributed by atoms with Crippen LogP contribution in [-0.4, -0.2) is 31.3 Å². The Balaban J connectivity index is 2.14. The molecule has 0 saturated heterocycles. The second-order valence-corrected chi connectivity index (χ2v) is 5.78. The first kappa shape index (κ1) is 17.5. The summed E-state index contributed by atoms with van der Waals surface area (Å²) >= 11 is 0. The maximum absolute atomic E-state index is 5.95. The smallest absolute Gasteiger partial charge is 0.221 e. The van der Waals surface area contributed by atoms with E-state index in [9.17, 15) is 0 Å². The van der Waals surface area contributed by atoms with Crippen molar-refractivity contribution in [2.45, 2.75) is 6.92 Å². The van der Waals surface area contributed by atoms with Crippen LogP contribution in [0.5, 0.6) is 17.2 Å². The minimum Gasteiger partial charge on any atom is -0.493 e. The van der Waals surface area contributed by atoms with Crippen LogP contribution in [0, 0.1) is 6.92 Å². The Labute approximate surface area is 152 Å². The van der Waals surface area contributed by atoms with Crippen LogP contribution in [0.25, 0.3) is 22.5 Å². The third-order valence-electron chi connectivity index (χ3n) is 4.05. The highest BCUT2D eigenvalue weighted by atomic mass is 16.5. The van der Waals surface area contributed by atoms with E-state index in [1.807, 2.05) is 49.4 Å². The molecular weight excluding hydrogens is 330 g/mol. The SMILES string of the molecule is COc1cc(-c2cc(-c3ccc(C)cc3)nc(N)n2)cc(OC)c1OC. The van der Waals surface area contributed by atoms with Gasteiger partial charge in [0.15, 0.2) is 11.5 Å². The highest BCUT2D eigenvalue weighted by Crippen LogP contribution is 2.41. The first-order valence-corrected chi connectivity index (χ1v) is 8.07. The minimum atomic E-state index is 0.201. The van der Waals surface area contributed by atoms with Gasteiger partial charge < -0.3 is 19.9 Å². The van der Waals surface area contributed by atoms with Crippen molar-refractivity contribution in [1.82, 2.24) is 9.97 Å². The zero-order valence-electron chi connectivity index (χ0n) is 15.2. The van der Waals surface area contributed by atoms with Crippen molar-refractivity contribution in [3.63, 3.8) is 0 Å². The Morgan fingerprint density at radius 3 is 1.77 bits per heavy atom. The number of rotatable bonds is 5. The zero-order chi connectivity index (χ0) is 18.7. The molecule has 0 atom stereocenters. The number of aromatic nitrogens is 2. The molecule has 0 unspecified atom stereocenters. The van der Waals surface area contributed by atoms with Crippen molar-refractivity contribution >= 4 is 5.95 Å².